The molecule has 1 atom stereocenters. The minimum Gasteiger partial charge on any atom is -0.507 e. The number of ether oxygens (including phenoxy) is 1. The van der Waals surface area contributed by atoms with Crippen LogP contribution >= 0.6 is 0 Å². The molecule has 1 N–H and O–H groups in total. The summed E-state index contributed by atoms with van der Waals surface area (Å²) in [5.74, 6) is -1.44. The van der Waals surface area contributed by atoms with Gasteiger partial charge in [0.25, 0.3) is 11.7 Å². The van der Waals surface area contributed by atoms with E-state index in [1.54, 1.807) is 15.8 Å². The molecule has 192 valence electrons. The summed E-state index contributed by atoms with van der Waals surface area (Å²) in [5, 5.41) is 15.9. The maximum atomic E-state index is 13.4. The third kappa shape index (κ3) is 4.95. The van der Waals surface area contributed by atoms with E-state index in [-0.39, 0.29) is 11.3 Å². The van der Waals surface area contributed by atoms with Crippen molar-refractivity contribution in [3.05, 3.63) is 88.8 Å². The van der Waals surface area contributed by atoms with Crippen molar-refractivity contribution in [3.63, 3.8) is 0 Å². The molecule has 0 saturated carbocycles. The molecule has 3 heterocycles. The topological polar surface area (TPSA) is 87.9 Å². The van der Waals surface area contributed by atoms with Crippen molar-refractivity contribution in [1.82, 2.24) is 19.6 Å². The van der Waals surface area contributed by atoms with E-state index in [0.717, 1.165) is 42.9 Å². The van der Waals surface area contributed by atoms with Gasteiger partial charge in [-0.15, -0.1) is 0 Å². The lowest BCUT2D eigenvalue weighted by atomic mass is 9.95. The number of aliphatic hydroxyl groups excluding tert-OH is 1. The molecule has 0 bridgehead atoms. The summed E-state index contributed by atoms with van der Waals surface area (Å²) in [6, 6.07) is 16.7. The fourth-order valence-corrected chi connectivity index (χ4v) is 5.11. The lowest BCUT2D eigenvalue weighted by molar-refractivity contribution is -0.140. The molecule has 2 aliphatic heterocycles. The SMILES string of the molecule is Cc1ccc([C@H]2/C(=C(\O)c3cnn(-c4ccccc4)c3C)C(=O)C(=O)N2CCCN2CCOCC2)cc1. The van der Waals surface area contributed by atoms with Gasteiger partial charge >= 0.3 is 0 Å². The Balaban J connectivity index is 1.50. The Hall–Kier alpha value is -3.75. The minimum atomic E-state index is -0.665. The number of hydrogen-bond acceptors (Lipinski definition) is 6. The number of aliphatic hydroxyl groups is 1. The van der Waals surface area contributed by atoms with Crippen LogP contribution in [-0.4, -0.2) is 75.8 Å². The van der Waals surface area contributed by atoms with Gasteiger partial charge < -0.3 is 14.7 Å². The van der Waals surface area contributed by atoms with Crippen molar-refractivity contribution in [2.24, 2.45) is 0 Å². The van der Waals surface area contributed by atoms with Gasteiger partial charge in [-0.3, -0.25) is 14.5 Å². The van der Waals surface area contributed by atoms with Crippen LogP contribution in [0.25, 0.3) is 11.4 Å². The van der Waals surface area contributed by atoms with Crippen molar-refractivity contribution in [2.75, 3.05) is 39.4 Å². The standard InChI is InChI=1S/C29H32N4O4/c1-20-9-11-22(12-10-20)26-25(27(34)24-19-30-33(21(24)2)23-7-4-3-5-8-23)28(35)29(36)32(26)14-6-13-31-15-17-37-18-16-31/h3-5,7-12,19,26,34H,6,13-18H2,1-2H3/b27-25+/t26-/m0/s1. The minimum absolute atomic E-state index is 0.107. The Labute approximate surface area is 216 Å². The van der Waals surface area contributed by atoms with Gasteiger partial charge in [0.15, 0.2) is 0 Å². The molecule has 8 heteroatoms. The highest BCUT2D eigenvalue weighted by molar-refractivity contribution is 6.46. The summed E-state index contributed by atoms with van der Waals surface area (Å²) in [7, 11) is 0. The highest BCUT2D eigenvalue weighted by Crippen LogP contribution is 2.40. The zero-order chi connectivity index (χ0) is 25.9. The molecule has 5 rings (SSSR count). The van der Waals surface area contributed by atoms with Gasteiger partial charge in [0, 0.05) is 26.2 Å². The largest absolute Gasteiger partial charge is 0.507 e. The number of carbonyl (C=O) groups is 2. The Morgan fingerprint density at radius 2 is 1.70 bits per heavy atom. The van der Waals surface area contributed by atoms with Crippen LogP contribution in [0.15, 0.2) is 66.4 Å². The number of para-hydroxylation sites is 1. The maximum absolute atomic E-state index is 13.4. The number of hydrogen-bond donors (Lipinski definition) is 1. The molecule has 2 saturated heterocycles. The average Bonchev–Trinajstić information content (AvgIpc) is 3.42. The van der Waals surface area contributed by atoms with Crippen LogP contribution in [0.1, 0.15) is 34.8 Å². The molecular formula is C29H32N4O4. The van der Waals surface area contributed by atoms with E-state index in [4.69, 9.17) is 4.74 Å². The zero-order valence-electron chi connectivity index (χ0n) is 21.3. The Morgan fingerprint density at radius 3 is 2.41 bits per heavy atom. The molecule has 1 amide bonds. The number of amides is 1. The van der Waals surface area contributed by atoms with Crippen LogP contribution in [0.2, 0.25) is 0 Å². The number of likely N-dealkylation sites (tertiary alicyclic amines) is 1. The van der Waals surface area contributed by atoms with Crippen LogP contribution < -0.4 is 0 Å². The first-order chi connectivity index (χ1) is 18.0. The van der Waals surface area contributed by atoms with E-state index < -0.39 is 17.7 Å². The van der Waals surface area contributed by atoms with Crippen molar-refractivity contribution in [2.45, 2.75) is 26.3 Å². The second kappa shape index (κ2) is 10.7. The van der Waals surface area contributed by atoms with E-state index >= 15 is 0 Å². The summed E-state index contributed by atoms with van der Waals surface area (Å²) in [4.78, 5) is 30.6. The molecule has 3 aromatic rings. The molecule has 37 heavy (non-hydrogen) atoms. The van der Waals surface area contributed by atoms with Crippen LogP contribution in [-0.2, 0) is 14.3 Å². The predicted octanol–water partition coefficient (Wildman–Crippen LogP) is 3.63. The lowest BCUT2D eigenvalue weighted by Gasteiger charge is -2.29. The number of nitrogens with zero attached hydrogens (tertiary/aromatic N) is 4. The number of morpholine rings is 1. The fourth-order valence-electron chi connectivity index (χ4n) is 5.11. The Morgan fingerprint density at radius 1 is 1.00 bits per heavy atom. The van der Waals surface area contributed by atoms with Crippen LogP contribution in [0, 0.1) is 13.8 Å². The third-order valence-corrected chi connectivity index (χ3v) is 7.18. The van der Waals surface area contributed by atoms with Crippen molar-refractivity contribution < 1.29 is 19.4 Å². The number of benzene rings is 2. The molecule has 0 spiro atoms. The smallest absolute Gasteiger partial charge is 0.295 e. The van der Waals surface area contributed by atoms with Crippen LogP contribution in [0.5, 0.6) is 0 Å². The number of carbonyl (C=O) groups excluding carboxylic acids is 2. The second-order valence-corrected chi connectivity index (χ2v) is 9.60. The van der Waals surface area contributed by atoms with Crippen molar-refractivity contribution >= 4 is 17.4 Å². The zero-order valence-corrected chi connectivity index (χ0v) is 21.3. The van der Waals surface area contributed by atoms with E-state index in [0.29, 0.717) is 31.0 Å². The molecule has 0 radical (unpaired) electrons. The highest BCUT2D eigenvalue weighted by atomic mass is 16.5. The third-order valence-electron chi connectivity index (χ3n) is 7.18. The molecule has 0 aliphatic carbocycles. The van der Waals surface area contributed by atoms with Gasteiger partial charge in [-0.25, -0.2) is 4.68 Å². The molecule has 0 unspecified atom stereocenters. The molecular weight excluding hydrogens is 468 g/mol. The van der Waals surface area contributed by atoms with E-state index in [9.17, 15) is 14.7 Å². The number of rotatable bonds is 7. The summed E-state index contributed by atoms with van der Waals surface area (Å²) in [5.41, 5.74) is 3.95. The van der Waals surface area contributed by atoms with Gasteiger partial charge in [0.05, 0.1) is 48.0 Å². The summed E-state index contributed by atoms with van der Waals surface area (Å²) >= 11 is 0. The van der Waals surface area contributed by atoms with E-state index in [2.05, 4.69) is 10.00 Å². The van der Waals surface area contributed by atoms with Gasteiger partial charge in [0.2, 0.25) is 0 Å². The quantitative estimate of drug-likeness (QED) is 0.303. The Bertz CT molecular complexity index is 1310. The molecule has 2 aromatic carbocycles. The molecule has 1 aromatic heterocycles. The highest BCUT2D eigenvalue weighted by Gasteiger charge is 2.46. The first-order valence-electron chi connectivity index (χ1n) is 12.7. The summed E-state index contributed by atoms with van der Waals surface area (Å²) in [6.07, 6.45) is 2.27. The summed E-state index contributed by atoms with van der Waals surface area (Å²) < 4.78 is 7.14. The van der Waals surface area contributed by atoms with Crippen LogP contribution in [0.3, 0.4) is 0 Å². The maximum Gasteiger partial charge on any atom is 0.295 e. The van der Waals surface area contributed by atoms with Crippen molar-refractivity contribution in [1.29, 1.82) is 0 Å². The molecule has 2 aliphatic rings. The lowest BCUT2D eigenvalue weighted by Crippen LogP contribution is -2.38. The van der Waals surface area contributed by atoms with Gasteiger partial charge in [-0.2, -0.15) is 5.10 Å². The van der Waals surface area contributed by atoms with Gasteiger partial charge in [-0.05, 0) is 38.0 Å². The summed E-state index contributed by atoms with van der Waals surface area (Å²) in [6.45, 7) is 8.22. The van der Waals surface area contributed by atoms with E-state index in [1.165, 1.54) is 0 Å². The fraction of sp³-hybridized carbons (Fsp3) is 0.345. The van der Waals surface area contributed by atoms with Crippen molar-refractivity contribution in [3.8, 4) is 5.69 Å². The number of aryl methyl sites for hydroxylation is 1. The van der Waals surface area contributed by atoms with Gasteiger partial charge in [0.1, 0.15) is 5.76 Å². The Kier molecular flexibility index (Phi) is 7.21. The first kappa shape index (κ1) is 24.9. The second-order valence-electron chi connectivity index (χ2n) is 9.60. The van der Waals surface area contributed by atoms with Crippen LogP contribution in [0.4, 0.5) is 0 Å². The number of ketones is 1. The van der Waals surface area contributed by atoms with Gasteiger partial charge in [-0.1, -0.05) is 48.0 Å². The number of aromatic nitrogens is 2. The monoisotopic (exact) mass is 500 g/mol. The molecule has 8 nitrogen and oxygen atoms in total. The number of Topliss-reactive ketones (excluding diaryl/α,β-unsaturated/α-hetero) is 1. The predicted molar refractivity (Wildman–Crippen MR) is 140 cm³/mol. The molecule has 2 fully saturated rings. The first-order valence-corrected chi connectivity index (χ1v) is 12.7. The normalized spacial score (nSPS) is 20.1. The van der Waals surface area contributed by atoms with E-state index in [1.807, 2.05) is 68.4 Å². The average molecular weight is 501 g/mol.